The topological polar surface area (TPSA) is 78.0 Å². The van der Waals surface area contributed by atoms with Crippen LogP contribution in [-0.4, -0.2) is 71.1 Å². The third kappa shape index (κ3) is 4.72. The maximum Gasteiger partial charge on any atom is 0.261 e. The van der Waals surface area contributed by atoms with Gasteiger partial charge in [0.15, 0.2) is 0 Å². The van der Waals surface area contributed by atoms with E-state index in [0.29, 0.717) is 43.7 Å². The second-order valence-corrected chi connectivity index (χ2v) is 8.16. The number of hydrogen-bond acceptors (Lipinski definition) is 4. The number of rotatable bonds is 7. The Morgan fingerprint density at radius 2 is 1.19 bits per heavy atom. The molecule has 0 aromatic heterocycles. The average Bonchev–Trinajstić information content (AvgIpc) is 3.08. The molecular weight excluding hydrogens is 406 g/mol. The van der Waals surface area contributed by atoms with Gasteiger partial charge in [-0.15, -0.1) is 0 Å². The zero-order chi connectivity index (χ0) is 22.5. The van der Waals surface area contributed by atoms with Gasteiger partial charge in [-0.2, -0.15) is 0 Å². The number of carbonyl (C=O) groups is 4. The Hall–Kier alpha value is -3.48. The van der Waals surface area contributed by atoms with Crippen molar-refractivity contribution in [3.8, 4) is 0 Å². The van der Waals surface area contributed by atoms with Gasteiger partial charge in [0.2, 0.25) is 11.8 Å². The lowest BCUT2D eigenvalue weighted by atomic mass is 10.1. The van der Waals surface area contributed by atoms with E-state index in [1.54, 1.807) is 29.2 Å². The van der Waals surface area contributed by atoms with Gasteiger partial charge in [0.05, 0.1) is 11.1 Å². The maximum atomic E-state index is 12.6. The van der Waals surface area contributed by atoms with E-state index in [1.807, 2.05) is 23.1 Å². The van der Waals surface area contributed by atoms with Crippen LogP contribution < -0.4 is 0 Å². The van der Waals surface area contributed by atoms with Gasteiger partial charge in [-0.3, -0.25) is 24.1 Å². The molecule has 1 saturated heterocycles. The number of hydrogen-bond donors (Lipinski definition) is 0. The number of carbonyl (C=O) groups excluding carboxylic acids is 4. The molecule has 7 heteroatoms. The molecule has 0 unspecified atom stereocenters. The normalized spacial score (nSPS) is 15.8. The number of aryl methyl sites for hydroxylation is 1. The van der Waals surface area contributed by atoms with Crippen molar-refractivity contribution in [3.05, 3.63) is 71.3 Å². The average molecular weight is 434 g/mol. The summed E-state index contributed by atoms with van der Waals surface area (Å²) in [6, 6.07) is 16.8. The largest absolute Gasteiger partial charge is 0.339 e. The number of fused-ring (bicyclic) bond motifs is 1. The molecule has 0 aliphatic carbocycles. The number of benzene rings is 2. The van der Waals surface area contributed by atoms with Crippen molar-refractivity contribution in [2.75, 3.05) is 32.7 Å². The van der Waals surface area contributed by atoms with Crippen molar-refractivity contribution in [2.45, 2.75) is 25.7 Å². The second-order valence-electron chi connectivity index (χ2n) is 8.16. The van der Waals surface area contributed by atoms with Crippen LogP contribution in [0.2, 0.25) is 0 Å². The van der Waals surface area contributed by atoms with Gasteiger partial charge >= 0.3 is 0 Å². The summed E-state index contributed by atoms with van der Waals surface area (Å²) in [4.78, 5) is 54.6. The summed E-state index contributed by atoms with van der Waals surface area (Å²) in [6.45, 7) is 2.06. The molecule has 4 amide bonds. The molecule has 2 aromatic carbocycles. The minimum Gasteiger partial charge on any atom is -0.339 e. The van der Waals surface area contributed by atoms with Gasteiger partial charge in [0.25, 0.3) is 11.8 Å². The Balaban J connectivity index is 1.19. The van der Waals surface area contributed by atoms with Crippen molar-refractivity contribution in [1.82, 2.24) is 14.7 Å². The molecule has 7 nitrogen and oxygen atoms in total. The monoisotopic (exact) mass is 433 g/mol. The molecule has 0 N–H and O–H groups in total. The molecule has 0 spiro atoms. The molecular formula is C25H27N3O4. The molecule has 2 aliphatic heterocycles. The van der Waals surface area contributed by atoms with Crippen molar-refractivity contribution < 1.29 is 19.2 Å². The fraction of sp³-hybridized carbons (Fsp3) is 0.360. The number of imide groups is 1. The van der Waals surface area contributed by atoms with Crippen LogP contribution in [0.15, 0.2) is 54.6 Å². The van der Waals surface area contributed by atoms with Crippen LogP contribution in [-0.2, 0) is 16.0 Å². The van der Waals surface area contributed by atoms with E-state index < -0.39 is 0 Å². The Morgan fingerprint density at radius 3 is 1.75 bits per heavy atom. The Morgan fingerprint density at radius 1 is 0.688 bits per heavy atom. The molecule has 1 fully saturated rings. The minimum atomic E-state index is -0.343. The van der Waals surface area contributed by atoms with Gasteiger partial charge in [-0.05, 0) is 30.5 Å². The highest BCUT2D eigenvalue weighted by molar-refractivity contribution is 6.21. The van der Waals surface area contributed by atoms with E-state index in [0.717, 1.165) is 17.7 Å². The van der Waals surface area contributed by atoms with E-state index in [2.05, 4.69) is 12.1 Å². The highest BCUT2D eigenvalue weighted by atomic mass is 16.2. The number of piperazine rings is 1. The summed E-state index contributed by atoms with van der Waals surface area (Å²) < 4.78 is 0. The molecule has 32 heavy (non-hydrogen) atoms. The van der Waals surface area contributed by atoms with Crippen LogP contribution in [0.25, 0.3) is 0 Å². The summed E-state index contributed by atoms with van der Waals surface area (Å²) >= 11 is 0. The first kappa shape index (κ1) is 21.7. The summed E-state index contributed by atoms with van der Waals surface area (Å²) in [5.74, 6) is -0.662. The zero-order valence-electron chi connectivity index (χ0n) is 18.0. The first-order valence-electron chi connectivity index (χ1n) is 11.1. The fourth-order valence-corrected chi connectivity index (χ4v) is 4.26. The van der Waals surface area contributed by atoms with Crippen LogP contribution in [0.3, 0.4) is 0 Å². The van der Waals surface area contributed by atoms with Crippen LogP contribution in [0.5, 0.6) is 0 Å². The standard InChI is InChI=1S/C25H27N3O4/c29-22(12-6-9-19-7-2-1-3-8-19)26-15-17-27(18-16-26)23(30)13-14-28-24(31)20-10-4-5-11-21(20)25(28)32/h1-5,7-8,10-11H,6,9,12-18H2. The van der Waals surface area contributed by atoms with Crippen molar-refractivity contribution in [1.29, 1.82) is 0 Å². The Labute approximate surface area is 187 Å². The first-order valence-corrected chi connectivity index (χ1v) is 11.1. The summed E-state index contributed by atoms with van der Waals surface area (Å²) in [6.07, 6.45) is 2.28. The molecule has 0 radical (unpaired) electrons. The number of nitrogens with zero attached hydrogens (tertiary/aromatic N) is 3. The van der Waals surface area contributed by atoms with Crippen molar-refractivity contribution >= 4 is 23.6 Å². The van der Waals surface area contributed by atoms with Crippen LogP contribution in [0.4, 0.5) is 0 Å². The summed E-state index contributed by atoms with van der Waals surface area (Å²) in [5, 5.41) is 0. The van der Waals surface area contributed by atoms with Crippen LogP contribution in [0, 0.1) is 0 Å². The lowest BCUT2D eigenvalue weighted by molar-refractivity contribution is -0.139. The quantitative estimate of drug-likeness (QED) is 0.628. The van der Waals surface area contributed by atoms with E-state index in [4.69, 9.17) is 0 Å². The van der Waals surface area contributed by atoms with E-state index in [1.165, 1.54) is 5.56 Å². The van der Waals surface area contributed by atoms with Gasteiger partial charge in [-0.25, -0.2) is 0 Å². The fourth-order valence-electron chi connectivity index (χ4n) is 4.26. The molecule has 4 rings (SSSR count). The molecule has 0 bridgehead atoms. The maximum absolute atomic E-state index is 12.6. The molecule has 166 valence electrons. The zero-order valence-corrected chi connectivity index (χ0v) is 18.0. The first-order chi connectivity index (χ1) is 15.5. The predicted octanol–water partition coefficient (Wildman–Crippen LogP) is 2.37. The van der Waals surface area contributed by atoms with Gasteiger partial charge in [0, 0.05) is 45.6 Å². The molecule has 2 aromatic rings. The van der Waals surface area contributed by atoms with E-state index in [-0.39, 0.29) is 36.6 Å². The Bertz CT molecular complexity index is 978. The Kier molecular flexibility index (Phi) is 6.63. The lowest BCUT2D eigenvalue weighted by Crippen LogP contribution is -2.51. The highest BCUT2D eigenvalue weighted by Crippen LogP contribution is 2.22. The molecule has 2 heterocycles. The van der Waals surface area contributed by atoms with Gasteiger partial charge < -0.3 is 9.80 Å². The van der Waals surface area contributed by atoms with Crippen LogP contribution >= 0.6 is 0 Å². The van der Waals surface area contributed by atoms with Gasteiger partial charge in [0.1, 0.15) is 0 Å². The molecule has 2 aliphatic rings. The number of amides is 4. The van der Waals surface area contributed by atoms with Gasteiger partial charge in [-0.1, -0.05) is 42.5 Å². The molecule has 0 atom stereocenters. The summed E-state index contributed by atoms with van der Waals surface area (Å²) in [5.41, 5.74) is 2.02. The smallest absolute Gasteiger partial charge is 0.261 e. The SMILES string of the molecule is O=C(CCCc1ccccc1)N1CCN(C(=O)CCN2C(=O)c3ccccc3C2=O)CC1. The second kappa shape index (κ2) is 9.77. The third-order valence-electron chi connectivity index (χ3n) is 6.11. The predicted molar refractivity (Wildman–Crippen MR) is 119 cm³/mol. The van der Waals surface area contributed by atoms with Crippen molar-refractivity contribution in [2.24, 2.45) is 0 Å². The van der Waals surface area contributed by atoms with Crippen LogP contribution in [0.1, 0.15) is 45.5 Å². The highest BCUT2D eigenvalue weighted by Gasteiger charge is 2.35. The third-order valence-corrected chi connectivity index (χ3v) is 6.11. The minimum absolute atomic E-state index is 0.0732. The lowest BCUT2D eigenvalue weighted by Gasteiger charge is -2.35. The summed E-state index contributed by atoms with van der Waals surface area (Å²) in [7, 11) is 0. The van der Waals surface area contributed by atoms with E-state index >= 15 is 0 Å². The molecule has 0 saturated carbocycles. The van der Waals surface area contributed by atoms with E-state index in [9.17, 15) is 19.2 Å². The van der Waals surface area contributed by atoms with Crippen molar-refractivity contribution in [3.63, 3.8) is 0 Å².